The Kier molecular flexibility index (Phi) is 4.63. The highest BCUT2D eigenvalue weighted by Gasteiger charge is 2.53. The predicted molar refractivity (Wildman–Crippen MR) is 80.9 cm³/mol. The second-order valence-corrected chi connectivity index (χ2v) is 7.00. The Morgan fingerprint density at radius 3 is 2.50 bits per heavy atom. The second-order valence-electron chi connectivity index (χ2n) is 7.00. The van der Waals surface area contributed by atoms with Crippen LogP contribution in [-0.2, 0) is 11.8 Å². The van der Waals surface area contributed by atoms with E-state index in [1.165, 1.54) is 10.9 Å². The number of likely N-dealkylation sites (tertiary alicyclic amines) is 1. The fourth-order valence-electron chi connectivity index (χ4n) is 2.82. The molecule has 2 heterocycles. The van der Waals surface area contributed by atoms with Gasteiger partial charge >= 0.3 is 6.18 Å². The van der Waals surface area contributed by atoms with Gasteiger partial charge in [0, 0.05) is 31.9 Å². The molecular formula is C15H20F3N5O. The van der Waals surface area contributed by atoms with E-state index in [4.69, 9.17) is 5.26 Å². The zero-order chi connectivity index (χ0) is 18.3. The van der Waals surface area contributed by atoms with Gasteiger partial charge in [0.2, 0.25) is 5.91 Å². The number of nitriles is 1. The SMILES string of the molecule is Cn1cc(C#N)c(NC(=O)[C@@H]2CN(C(C)(C)C)C[C@H]2C(F)(F)F)n1. The van der Waals surface area contributed by atoms with Crippen molar-refractivity contribution in [3.63, 3.8) is 0 Å². The van der Waals surface area contributed by atoms with Crippen molar-refractivity contribution in [1.29, 1.82) is 5.26 Å². The van der Waals surface area contributed by atoms with Crippen LogP contribution in [0.5, 0.6) is 0 Å². The van der Waals surface area contributed by atoms with Crippen molar-refractivity contribution >= 4 is 11.7 Å². The number of rotatable bonds is 2. The minimum atomic E-state index is -4.47. The predicted octanol–water partition coefficient (Wildman–Crippen LogP) is 2.14. The zero-order valence-corrected chi connectivity index (χ0v) is 14.0. The van der Waals surface area contributed by atoms with Crippen molar-refractivity contribution in [2.45, 2.75) is 32.5 Å². The summed E-state index contributed by atoms with van der Waals surface area (Å²) in [7, 11) is 1.56. The van der Waals surface area contributed by atoms with E-state index < -0.39 is 29.5 Å². The molecule has 0 aromatic carbocycles. The molecule has 1 fully saturated rings. The van der Waals surface area contributed by atoms with Gasteiger partial charge < -0.3 is 5.32 Å². The normalized spacial score (nSPS) is 22.4. The van der Waals surface area contributed by atoms with Crippen LogP contribution in [0.25, 0.3) is 0 Å². The molecule has 2 rings (SSSR count). The largest absolute Gasteiger partial charge is 0.393 e. The minimum Gasteiger partial charge on any atom is -0.308 e. The van der Waals surface area contributed by atoms with E-state index in [9.17, 15) is 18.0 Å². The molecular weight excluding hydrogens is 323 g/mol. The summed E-state index contributed by atoms with van der Waals surface area (Å²) < 4.78 is 41.4. The molecule has 1 aliphatic rings. The number of carbonyl (C=O) groups excluding carboxylic acids is 1. The number of anilines is 1. The maximum absolute atomic E-state index is 13.3. The number of amides is 1. The maximum atomic E-state index is 13.3. The van der Waals surface area contributed by atoms with E-state index in [1.54, 1.807) is 11.9 Å². The van der Waals surface area contributed by atoms with E-state index in [-0.39, 0.29) is 24.5 Å². The number of nitrogens with zero attached hydrogens (tertiary/aromatic N) is 4. The molecule has 1 saturated heterocycles. The molecule has 1 aromatic rings. The Labute approximate surface area is 138 Å². The summed E-state index contributed by atoms with van der Waals surface area (Å²) in [6, 6.07) is 1.86. The molecule has 6 nitrogen and oxygen atoms in total. The number of aryl methyl sites for hydroxylation is 1. The molecule has 0 radical (unpaired) electrons. The van der Waals surface area contributed by atoms with Gasteiger partial charge in [0.25, 0.3) is 0 Å². The highest BCUT2D eigenvalue weighted by atomic mass is 19.4. The van der Waals surface area contributed by atoms with Crippen LogP contribution in [0.15, 0.2) is 6.20 Å². The summed E-state index contributed by atoms with van der Waals surface area (Å²) in [5, 5.41) is 15.3. The molecule has 132 valence electrons. The van der Waals surface area contributed by atoms with E-state index >= 15 is 0 Å². The number of carbonyl (C=O) groups is 1. The Bertz CT molecular complexity index is 668. The van der Waals surface area contributed by atoms with Crippen molar-refractivity contribution < 1.29 is 18.0 Å². The lowest BCUT2D eigenvalue weighted by atomic mass is 9.94. The third-order valence-corrected chi connectivity index (χ3v) is 4.22. The van der Waals surface area contributed by atoms with Crippen LogP contribution >= 0.6 is 0 Å². The Morgan fingerprint density at radius 2 is 2.00 bits per heavy atom. The molecule has 1 N–H and O–H groups in total. The molecule has 0 unspecified atom stereocenters. The van der Waals surface area contributed by atoms with E-state index in [1.807, 2.05) is 26.8 Å². The van der Waals surface area contributed by atoms with Crippen molar-refractivity contribution in [1.82, 2.24) is 14.7 Å². The topological polar surface area (TPSA) is 74.0 Å². The second kappa shape index (κ2) is 6.09. The average Bonchev–Trinajstić information content (AvgIpc) is 3.01. The van der Waals surface area contributed by atoms with Crippen molar-refractivity contribution in [3.8, 4) is 6.07 Å². The first-order valence-electron chi connectivity index (χ1n) is 7.50. The first kappa shape index (κ1) is 18.3. The van der Waals surface area contributed by atoms with Gasteiger partial charge in [-0.05, 0) is 20.8 Å². The quantitative estimate of drug-likeness (QED) is 0.893. The van der Waals surface area contributed by atoms with Crippen LogP contribution in [0, 0.1) is 23.2 Å². The van der Waals surface area contributed by atoms with E-state index in [0.29, 0.717) is 0 Å². The Morgan fingerprint density at radius 1 is 1.38 bits per heavy atom. The molecule has 1 aliphatic heterocycles. The van der Waals surface area contributed by atoms with E-state index in [0.717, 1.165) is 0 Å². The maximum Gasteiger partial charge on any atom is 0.393 e. The van der Waals surface area contributed by atoms with Gasteiger partial charge in [-0.1, -0.05) is 0 Å². The van der Waals surface area contributed by atoms with Crippen LogP contribution in [0.4, 0.5) is 19.0 Å². The molecule has 1 aromatic heterocycles. The molecule has 2 atom stereocenters. The number of hydrogen-bond acceptors (Lipinski definition) is 4. The van der Waals surface area contributed by atoms with E-state index in [2.05, 4.69) is 10.4 Å². The summed E-state index contributed by atoms with van der Waals surface area (Å²) in [4.78, 5) is 14.1. The standard InChI is InChI=1S/C15H20F3N5O/c1-14(2,3)23-7-10(11(8-23)15(16,17)18)13(24)20-12-9(5-19)6-22(4)21-12/h6,10-11H,7-8H2,1-4H3,(H,20,21,24)/t10-,11-/m1/s1. The molecule has 1 amide bonds. The summed E-state index contributed by atoms with van der Waals surface area (Å²) in [5.74, 6) is -3.76. The number of nitrogens with one attached hydrogen (secondary N) is 1. The molecule has 0 bridgehead atoms. The van der Waals surface area contributed by atoms with Gasteiger partial charge in [-0.2, -0.15) is 23.5 Å². The lowest BCUT2D eigenvalue weighted by molar-refractivity contribution is -0.182. The first-order chi connectivity index (χ1) is 10.9. The Balaban J connectivity index is 2.24. The van der Waals surface area contributed by atoms with Gasteiger partial charge in [0.1, 0.15) is 11.6 Å². The molecule has 24 heavy (non-hydrogen) atoms. The fourth-order valence-corrected chi connectivity index (χ4v) is 2.82. The van der Waals surface area contributed by atoms with Crippen LogP contribution in [-0.4, -0.2) is 45.4 Å². The monoisotopic (exact) mass is 343 g/mol. The molecule has 0 aliphatic carbocycles. The van der Waals surface area contributed by atoms with Crippen LogP contribution in [0.3, 0.4) is 0 Å². The fraction of sp³-hybridized carbons (Fsp3) is 0.667. The molecule has 0 saturated carbocycles. The summed E-state index contributed by atoms with van der Waals surface area (Å²) in [6.45, 7) is 5.22. The van der Waals surface area contributed by atoms with Crippen LogP contribution < -0.4 is 5.32 Å². The van der Waals surface area contributed by atoms with Crippen molar-refractivity contribution in [2.24, 2.45) is 18.9 Å². The van der Waals surface area contributed by atoms with Crippen LogP contribution in [0.1, 0.15) is 26.3 Å². The third-order valence-electron chi connectivity index (χ3n) is 4.22. The summed E-state index contributed by atoms with van der Waals surface area (Å²) in [6.07, 6.45) is -3.07. The van der Waals surface area contributed by atoms with Gasteiger partial charge in [-0.25, -0.2) is 0 Å². The molecule has 0 spiro atoms. The number of alkyl halides is 3. The first-order valence-corrected chi connectivity index (χ1v) is 7.50. The summed E-state index contributed by atoms with van der Waals surface area (Å²) >= 11 is 0. The third kappa shape index (κ3) is 3.70. The summed E-state index contributed by atoms with van der Waals surface area (Å²) in [5.41, 5.74) is -0.360. The van der Waals surface area contributed by atoms with Gasteiger partial charge in [0.15, 0.2) is 5.82 Å². The van der Waals surface area contributed by atoms with Gasteiger partial charge in [-0.3, -0.25) is 14.4 Å². The van der Waals surface area contributed by atoms with Crippen molar-refractivity contribution in [3.05, 3.63) is 11.8 Å². The van der Waals surface area contributed by atoms with Crippen LogP contribution in [0.2, 0.25) is 0 Å². The highest BCUT2D eigenvalue weighted by Crippen LogP contribution is 2.40. The minimum absolute atomic E-state index is 0.00817. The lowest BCUT2D eigenvalue weighted by Crippen LogP contribution is -2.40. The van der Waals surface area contributed by atoms with Gasteiger partial charge in [-0.15, -0.1) is 0 Å². The highest BCUT2D eigenvalue weighted by molar-refractivity contribution is 5.93. The number of hydrogen-bond donors (Lipinski definition) is 1. The molecule has 9 heteroatoms. The number of halogens is 3. The lowest BCUT2D eigenvalue weighted by Gasteiger charge is -2.31. The Hall–Kier alpha value is -2.08. The smallest absolute Gasteiger partial charge is 0.308 e. The zero-order valence-electron chi connectivity index (χ0n) is 14.0. The number of aromatic nitrogens is 2. The van der Waals surface area contributed by atoms with Gasteiger partial charge in [0.05, 0.1) is 11.8 Å². The average molecular weight is 343 g/mol. The van der Waals surface area contributed by atoms with Crippen molar-refractivity contribution in [2.75, 3.05) is 18.4 Å².